The fraction of sp³-hybridized carbons (Fsp3) is 0.161. The summed E-state index contributed by atoms with van der Waals surface area (Å²) >= 11 is 0. The molecule has 5 aromatic rings. The summed E-state index contributed by atoms with van der Waals surface area (Å²) in [5.74, 6) is 0.957. The van der Waals surface area contributed by atoms with Gasteiger partial charge in [-0.05, 0) is 73.5 Å². The fourth-order valence-electron chi connectivity index (χ4n) is 4.56. The quantitative estimate of drug-likeness (QED) is 0.263. The number of aromatic nitrogens is 2. The van der Waals surface area contributed by atoms with Crippen molar-refractivity contribution in [3.63, 3.8) is 0 Å². The van der Waals surface area contributed by atoms with Gasteiger partial charge < -0.3 is 4.74 Å². The molecular formula is C31H29N3O4S. The highest BCUT2D eigenvalue weighted by molar-refractivity contribution is 7.89. The Kier molecular flexibility index (Phi) is 7.08. The summed E-state index contributed by atoms with van der Waals surface area (Å²) in [6, 6.07) is 28.3. The highest BCUT2D eigenvalue weighted by Crippen LogP contribution is 2.29. The summed E-state index contributed by atoms with van der Waals surface area (Å²) in [6.07, 6.45) is 0. The molecule has 1 atom stereocenters. The Morgan fingerprint density at radius 1 is 0.872 bits per heavy atom. The van der Waals surface area contributed by atoms with E-state index in [1.54, 1.807) is 74.7 Å². The van der Waals surface area contributed by atoms with Crippen molar-refractivity contribution in [3.8, 4) is 22.6 Å². The number of nitrogens with zero attached hydrogens (tertiary/aromatic N) is 3. The van der Waals surface area contributed by atoms with Crippen molar-refractivity contribution >= 4 is 20.9 Å². The third kappa shape index (κ3) is 4.96. The van der Waals surface area contributed by atoms with E-state index >= 15 is 0 Å². The molecule has 0 radical (unpaired) electrons. The van der Waals surface area contributed by atoms with Crippen LogP contribution in [0.25, 0.3) is 27.7 Å². The van der Waals surface area contributed by atoms with Gasteiger partial charge in [0.1, 0.15) is 11.6 Å². The van der Waals surface area contributed by atoms with Crippen LogP contribution in [0.4, 0.5) is 0 Å². The minimum absolute atomic E-state index is 0.159. The van der Waals surface area contributed by atoms with Gasteiger partial charge in [-0.25, -0.2) is 13.4 Å². The fourth-order valence-corrected chi connectivity index (χ4v) is 5.89. The van der Waals surface area contributed by atoms with Crippen LogP contribution in [-0.2, 0) is 10.0 Å². The molecule has 1 aromatic heterocycles. The lowest BCUT2D eigenvalue weighted by Gasteiger charge is -2.26. The minimum Gasteiger partial charge on any atom is -0.497 e. The van der Waals surface area contributed by atoms with E-state index in [0.717, 1.165) is 16.7 Å². The maximum absolute atomic E-state index is 13.8. The molecule has 0 bridgehead atoms. The number of hydrogen-bond donors (Lipinski definition) is 0. The Bertz CT molecular complexity index is 1800. The molecule has 0 fully saturated rings. The first-order valence-corrected chi connectivity index (χ1v) is 14.0. The zero-order valence-electron chi connectivity index (χ0n) is 22.2. The lowest BCUT2D eigenvalue weighted by atomic mass is 10.1. The summed E-state index contributed by atoms with van der Waals surface area (Å²) in [5, 5.41) is 0.462. The van der Waals surface area contributed by atoms with E-state index in [4.69, 9.17) is 9.72 Å². The standard InChI is InChI=1S/C31H29N3O4S/c1-21-10-19-29-28(20-21)31(35)34(25-13-15-26(38-4)16-14-25)30(32-29)22(2)33(3)39(36,37)27-17-11-24(12-18-27)23-8-6-5-7-9-23/h5-20,22H,1-4H3. The molecule has 198 valence electrons. The number of fused-ring (bicyclic) bond motifs is 1. The molecule has 8 heteroatoms. The Hall–Kier alpha value is -4.27. The molecular weight excluding hydrogens is 510 g/mol. The smallest absolute Gasteiger partial charge is 0.266 e. The van der Waals surface area contributed by atoms with E-state index in [1.807, 2.05) is 43.3 Å². The van der Waals surface area contributed by atoms with Gasteiger partial charge >= 0.3 is 0 Å². The van der Waals surface area contributed by atoms with E-state index in [0.29, 0.717) is 28.2 Å². The molecule has 39 heavy (non-hydrogen) atoms. The van der Waals surface area contributed by atoms with Crippen molar-refractivity contribution in [2.24, 2.45) is 0 Å². The predicted molar refractivity (Wildman–Crippen MR) is 154 cm³/mol. The average Bonchev–Trinajstić information content (AvgIpc) is 2.97. The van der Waals surface area contributed by atoms with Crippen molar-refractivity contribution in [2.45, 2.75) is 24.8 Å². The van der Waals surface area contributed by atoms with Crippen LogP contribution in [0.1, 0.15) is 24.4 Å². The highest BCUT2D eigenvalue weighted by atomic mass is 32.2. The largest absolute Gasteiger partial charge is 0.497 e. The van der Waals surface area contributed by atoms with E-state index in [2.05, 4.69) is 0 Å². The van der Waals surface area contributed by atoms with Crippen molar-refractivity contribution < 1.29 is 13.2 Å². The van der Waals surface area contributed by atoms with E-state index in [-0.39, 0.29) is 10.5 Å². The zero-order valence-corrected chi connectivity index (χ0v) is 23.0. The summed E-state index contributed by atoms with van der Waals surface area (Å²) in [7, 11) is -0.830. The van der Waals surface area contributed by atoms with Crippen LogP contribution in [0, 0.1) is 6.92 Å². The van der Waals surface area contributed by atoms with Gasteiger partial charge in [-0.3, -0.25) is 9.36 Å². The van der Waals surface area contributed by atoms with Gasteiger partial charge in [-0.15, -0.1) is 0 Å². The van der Waals surface area contributed by atoms with Crippen LogP contribution < -0.4 is 10.3 Å². The molecule has 0 spiro atoms. The van der Waals surface area contributed by atoms with Crippen molar-refractivity contribution in [1.82, 2.24) is 13.9 Å². The average molecular weight is 540 g/mol. The highest BCUT2D eigenvalue weighted by Gasteiger charge is 2.30. The molecule has 4 aromatic carbocycles. The second kappa shape index (κ2) is 10.5. The normalized spacial score (nSPS) is 12.5. The van der Waals surface area contributed by atoms with Crippen molar-refractivity contribution in [1.29, 1.82) is 0 Å². The van der Waals surface area contributed by atoms with Crippen LogP contribution in [0.5, 0.6) is 5.75 Å². The molecule has 0 aliphatic heterocycles. The molecule has 0 aliphatic carbocycles. The van der Waals surface area contributed by atoms with E-state index in [9.17, 15) is 13.2 Å². The molecule has 1 unspecified atom stereocenters. The molecule has 7 nitrogen and oxygen atoms in total. The number of rotatable bonds is 7. The van der Waals surface area contributed by atoms with Gasteiger partial charge in [0.25, 0.3) is 5.56 Å². The van der Waals surface area contributed by atoms with Gasteiger partial charge in [-0.2, -0.15) is 4.31 Å². The van der Waals surface area contributed by atoms with Gasteiger partial charge in [0.2, 0.25) is 10.0 Å². The molecule has 0 aliphatic rings. The molecule has 5 rings (SSSR count). The molecule has 0 amide bonds. The Morgan fingerprint density at radius 3 is 2.15 bits per heavy atom. The summed E-state index contributed by atoms with van der Waals surface area (Å²) < 4.78 is 35.4. The number of ether oxygens (including phenoxy) is 1. The molecule has 0 saturated carbocycles. The molecule has 0 saturated heterocycles. The van der Waals surface area contributed by atoms with Gasteiger partial charge in [-0.1, -0.05) is 54.1 Å². The van der Waals surface area contributed by atoms with E-state index in [1.165, 1.54) is 15.9 Å². The Balaban J connectivity index is 1.59. The summed E-state index contributed by atoms with van der Waals surface area (Å²) in [4.78, 5) is 18.8. The van der Waals surface area contributed by atoms with Crippen LogP contribution in [0.3, 0.4) is 0 Å². The predicted octanol–water partition coefficient (Wildman–Crippen LogP) is 5.75. The van der Waals surface area contributed by atoms with Crippen LogP contribution in [-0.4, -0.2) is 36.4 Å². The lowest BCUT2D eigenvalue weighted by Crippen LogP contribution is -2.35. The van der Waals surface area contributed by atoms with Crippen LogP contribution in [0.15, 0.2) is 107 Å². The third-order valence-electron chi connectivity index (χ3n) is 6.94. The number of aryl methyl sites for hydroxylation is 1. The summed E-state index contributed by atoms with van der Waals surface area (Å²) in [5.41, 5.74) is 3.66. The van der Waals surface area contributed by atoms with Crippen LogP contribution in [0.2, 0.25) is 0 Å². The van der Waals surface area contributed by atoms with Crippen LogP contribution >= 0.6 is 0 Å². The van der Waals surface area contributed by atoms with Gasteiger partial charge in [0.15, 0.2) is 0 Å². The topological polar surface area (TPSA) is 81.5 Å². The van der Waals surface area contributed by atoms with Gasteiger partial charge in [0, 0.05) is 7.05 Å². The second-order valence-corrected chi connectivity index (χ2v) is 11.4. The van der Waals surface area contributed by atoms with Crippen molar-refractivity contribution in [3.05, 3.63) is 119 Å². The summed E-state index contributed by atoms with van der Waals surface area (Å²) in [6.45, 7) is 3.65. The Labute approximate surface area is 228 Å². The first-order valence-electron chi connectivity index (χ1n) is 12.5. The lowest BCUT2D eigenvalue weighted by molar-refractivity contribution is 0.379. The van der Waals surface area contributed by atoms with Gasteiger partial charge in [0.05, 0.1) is 34.6 Å². The third-order valence-corrected chi connectivity index (χ3v) is 8.88. The maximum atomic E-state index is 13.8. The number of methoxy groups -OCH3 is 1. The maximum Gasteiger partial charge on any atom is 0.266 e. The Morgan fingerprint density at radius 2 is 1.51 bits per heavy atom. The number of sulfonamides is 1. The monoisotopic (exact) mass is 539 g/mol. The van der Waals surface area contributed by atoms with Crippen molar-refractivity contribution in [2.75, 3.05) is 14.2 Å². The second-order valence-electron chi connectivity index (χ2n) is 9.42. The zero-order chi connectivity index (χ0) is 27.7. The molecule has 1 heterocycles. The first-order chi connectivity index (χ1) is 18.7. The number of benzene rings is 4. The molecule has 0 N–H and O–H groups in total. The number of hydrogen-bond acceptors (Lipinski definition) is 5. The van der Waals surface area contributed by atoms with E-state index < -0.39 is 16.1 Å². The minimum atomic E-state index is -3.91. The first kappa shape index (κ1) is 26.3. The SMILES string of the molecule is COc1ccc(-n2c(C(C)N(C)S(=O)(=O)c3ccc(-c4ccccc4)cc3)nc3ccc(C)cc3c2=O)cc1.